The van der Waals surface area contributed by atoms with Gasteiger partial charge in [-0.25, -0.2) is 4.98 Å². The second kappa shape index (κ2) is 13.1. The van der Waals surface area contributed by atoms with Gasteiger partial charge >= 0.3 is 0 Å². The van der Waals surface area contributed by atoms with Gasteiger partial charge in [0.2, 0.25) is 18.6 Å². The summed E-state index contributed by atoms with van der Waals surface area (Å²) >= 11 is 6.17. The Bertz CT molecular complexity index is 1510. The Morgan fingerprint density at radius 3 is 2.69 bits per heavy atom. The number of anilines is 2. The van der Waals surface area contributed by atoms with E-state index >= 15 is 0 Å². The lowest BCUT2D eigenvalue weighted by Gasteiger charge is -2.27. The van der Waals surface area contributed by atoms with Crippen LogP contribution in [0.5, 0.6) is 11.5 Å². The molecule has 2 aromatic carbocycles. The maximum atomic E-state index is 13.7. The Kier molecular flexibility index (Phi) is 8.69. The van der Waals surface area contributed by atoms with E-state index in [1.807, 2.05) is 59.3 Å². The summed E-state index contributed by atoms with van der Waals surface area (Å²) < 4.78 is 12.7. The molecule has 42 heavy (non-hydrogen) atoms. The van der Waals surface area contributed by atoms with E-state index in [0.29, 0.717) is 47.4 Å². The molecule has 1 aliphatic carbocycles. The van der Waals surface area contributed by atoms with Gasteiger partial charge in [0.1, 0.15) is 24.0 Å². The molecule has 0 spiro atoms. The van der Waals surface area contributed by atoms with Crippen molar-refractivity contribution in [3.8, 4) is 17.3 Å². The molecule has 6 rings (SSSR count). The number of carbonyl (C=O) groups is 1. The van der Waals surface area contributed by atoms with Gasteiger partial charge in [0.15, 0.2) is 11.5 Å². The summed E-state index contributed by atoms with van der Waals surface area (Å²) in [4.78, 5) is 27.3. The molecule has 1 saturated carbocycles. The number of ether oxygens (including phenoxy) is 2. The van der Waals surface area contributed by atoms with Crippen molar-refractivity contribution in [2.45, 2.75) is 57.7 Å². The summed E-state index contributed by atoms with van der Waals surface area (Å²) in [6.45, 7) is 1.10. The van der Waals surface area contributed by atoms with Crippen molar-refractivity contribution in [1.82, 2.24) is 24.8 Å². The fourth-order valence-electron chi connectivity index (χ4n) is 5.47. The van der Waals surface area contributed by atoms with Gasteiger partial charge in [-0.3, -0.25) is 9.36 Å². The van der Waals surface area contributed by atoms with Crippen molar-refractivity contribution < 1.29 is 14.3 Å². The number of halogens is 1. The first-order valence-corrected chi connectivity index (χ1v) is 14.8. The number of nitrogens with zero attached hydrogens (tertiary/aromatic N) is 4. The van der Waals surface area contributed by atoms with Crippen LogP contribution in [0.3, 0.4) is 0 Å². The molecule has 2 aliphatic rings. The number of nitrogens with one attached hydrogen (secondary N) is 3. The van der Waals surface area contributed by atoms with Gasteiger partial charge in [-0.05, 0) is 47.7 Å². The zero-order valence-corrected chi connectivity index (χ0v) is 24.0. The van der Waals surface area contributed by atoms with E-state index in [2.05, 4.69) is 20.9 Å². The molecule has 0 unspecified atom stereocenters. The zero-order chi connectivity index (χ0) is 28.7. The van der Waals surface area contributed by atoms with Gasteiger partial charge in [-0.15, -0.1) is 0 Å². The molecule has 3 heterocycles. The topological polar surface area (TPSA) is 115 Å². The predicted molar refractivity (Wildman–Crippen MR) is 161 cm³/mol. The predicted octanol–water partition coefficient (Wildman–Crippen LogP) is 5.72. The van der Waals surface area contributed by atoms with Crippen LogP contribution in [0.15, 0.2) is 67.3 Å². The van der Waals surface area contributed by atoms with Gasteiger partial charge in [-0.1, -0.05) is 61.9 Å². The number of carbonyl (C=O) groups excluding carboxylic acids is 1. The first-order valence-electron chi connectivity index (χ1n) is 14.4. The molecule has 0 saturated heterocycles. The lowest BCUT2D eigenvalue weighted by atomic mass is 9.84. The molecular weight excluding hydrogens is 554 g/mol. The van der Waals surface area contributed by atoms with E-state index in [4.69, 9.17) is 31.0 Å². The van der Waals surface area contributed by atoms with Crippen LogP contribution < -0.4 is 25.4 Å². The fraction of sp³-hybridized carbons (Fsp3) is 0.355. The van der Waals surface area contributed by atoms with E-state index in [9.17, 15) is 4.79 Å². The third-order valence-electron chi connectivity index (χ3n) is 7.66. The molecule has 0 radical (unpaired) electrons. The van der Waals surface area contributed by atoms with E-state index in [1.165, 1.54) is 19.3 Å². The summed E-state index contributed by atoms with van der Waals surface area (Å²) in [6, 6.07) is 14.7. The number of aromatic nitrogens is 4. The molecular formula is C31H34ClN7O3. The highest BCUT2D eigenvalue weighted by atomic mass is 35.5. The van der Waals surface area contributed by atoms with Crippen LogP contribution in [0.2, 0.25) is 5.02 Å². The standard InChI is InChI=1S/C31H34ClN7O3/c32-24-8-4-7-22(13-24)18-35-31-37-28(16-29(38-31)39-12-11-33-19-39)36-25(14-21-5-2-1-3-6-21)30(40)34-17-23-9-10-26-27(15-23)42-20-41-26/h4,7-13,15-16,19,21,25H,1-3,5-6,14,17-18,20H2,(H,34,40)(H2,35,36,37,38)/t25-/m1/s1. The first-order chi connectivity index (χ1) is 20.6. The maximum Gasteiger partial charge on any atom is 0.242 e. The van der Waals surface area contributed by atoms with Crippen LogP contribution >= 0.6 is 11.6 Å². The van der Waals surface area contributed by atoms with Gasteiger partial charge in [-0.2, -0.15) is 9.97 Å². The SMILES string of the molecule is O=C(NCc1ccc2c(c1)OCO2)[C@@H](CC1CCCCC1)Nc1cc(-n2ccnc2)nc(NCc2cccc(Cl)c2)n1. The molecule has 1 aliphatic heterocycles. The van der Waals surface area contributed by atoms with Crippen LogP contribution in [-0.4, -0.2) is 38.3 Å². The largest absolute Gasteiger partial charge is 0.454 e. The molecule has 1 fully saturated rings. The molecule has 218 valence electrons. The van der Waals surface area contributed by atoms with E-state index in [0.717, 1.165) is 36.1 Å². The van der Waals surface area contributed by atoms with E-state index < -0.39 is 6.04 Å². The average Bonchev–Trinajstić information content (AvgIpc) is 3.72. The molecule has 1 amide bonds. The lowest BCUT2D eigenvalue weighted by Crippen LogP contribution is -2.41. The number of benzene rings is 2. The van der Waals surface area contributed by atoms with Crippen molar-refractivity contribution >= 4 is 29.3 Å². The number of imidazole rings is 1. The van der Waals surface area contributed by atoms with Crippen LogP contribution in [0.25, 0.3) is 5.82 Å². The minimum Gasteiger partial charge on any atom is -0.454 e. The number of hydrogen-bond acceptors (Lipinski definition) is 8. The highest BCUT2D eigenvalue weighted by molar-refractivity contribution is 6.30. The Balaban J connectivity index is 1.21. The average molecular weight is 588 g/mol. The van der Waals surface area contributed by atoms with Crippen molar-refractivity contribution in [1.29, 1.82) is 0 Å². The van der Waals surface area contributed by atoms with Gasteiger partial charge in [0.05, 0.1) is 0 Å². The molecule has 3 N–H and O–H groups in total. The smallest absolute Gasteiger partial charge is 0.242 e. The molecule has 4 aromatic rings. The highest BCUT2D eigenvalue weighted by Crippen LogP contribution is 2.33. The summed E-state index contributed by atoms with van der Waals surface area (Å²) in [5.41, 5.74) is 1.95. The highest BCUT2D eigenvalue weighted by Gasteiger charge is 2.25. The molecule has 10 nitrogen and oxygen atoms in total. The van der Waals surface area contributed by atoms with Crippen LogP contribution in [-0.2, 0) is 17.9 Å². The quantitative estimate of drug-likeness (QED) is 0.204. The third-order valence-corrected chi connectivity index (χ3v) is 7.89. The summed E-state index contributed by atoms with van der Waals surface area (Å²) in [7, 11) is 0. The van der Waals surface area contributed by atoms with Gasteiger partial charge in [0, 0.05) is 36.6 Å². The van der Waals surface area contributed by atoms with E-state index in [-0.39, 0.29) is 12.7 Å². The normalized spacial score (nSPS) is 15.3. The Morgan fingerprint density at radius 1 is 1.00 bits per heavy atom. The summed E-state index contributed by atoms with van der Waals surface area (Å²) in [6.07, 6.45) is 11.8. The zero-order valence-electron chi connectivity index (χ0n) is 23.3. The molecule has 0 bridgehead atoms. The Labute approximate surface area is 249 Å². The number of rotatable bonds is 11. The van der Waals surface area contributed by atoms with Crippen molar-refractivity contribution in [2.24, 2.45) is 5.92 Å². The molecule has 11 heteroatoms. The third kappa shape index (κ3) is 7.12. The lowest BCUT2D eigenvalue weighted by molar-refractivity contribution is -0.122. The molecule has 1 atom stereocenters. The molecule has 2 aromatic heterocycles. The van der Waals surface area contributed by atoms with Gasteiger partial charge < -0.3 is 25.4 Å². The number of amides is 1. The Hall–Kier alpha value is -4.31. The fourth-order valence-corrected chi connectivity index (χ4v) is 5.68. The second-order valence-electron chi connectivity index (χ2n) is 10.7. The van der Waals surface area contributed by atoms with Crippen LogP contribution in [0, 0.1) is 5.92 Å². The number of fused-ring (bicyclic) bond motifs is 1. The van der Waals surface area contributed by atoms with Gasteiger partial charge in [0.25, 0.3) is 0 Å². The minimum atomic E-state index is -0.464. The number of hydrogen-bond donors (Lipinski definition) is 3. The first kappa shape index (κ1) is 27.8. The van der Waals surface area contributed by atoms with E-state index in [1.54, 1.807) is 12.5 Å². The summed E-state index contributed by atoms with van der Waals surface area (Å²) in [5, 5.41) is 10.5. The monoisotopic (exact) mass is 587 g/mol. The summed E-state index contributed by atoms with van der Waals surface area (Å²) in [5.74, 6) is 3.44. The Morgan fingerprint density at radius 2 is 1.86 bits per heavy atom. The van der Waals surface area contributed by atoms with Crippen molar-refractivity contribution in [3.05, 3.63) is 83.4 Å². The van der Waals surface area contributed by atoms with Crippen molar-refractivity contribution in [3.63, 3.8) is 0 Å². The second-order valence-corrected chi connectivity index (χ2v) is 11.2. The van der Waals surface area contributed by atoms with Crippen LogP contribution in [0.1, 0.15) is 49.7 Å². The minimum absolute atomic E-state index is 0.0746. The maximum absolute atomic E-state index is 13.7. The van der Waals surface area contributed by atoms with Crippen LogP contribution in [0.4, 0.5) is 11.8 Å². The van der Waals surface area contributed by atoms with Crippen molar-refractivity contribution in [2.75, 3.05) is 17.4 Å².